The summed E-state index contributed by atoms with van der Waals surface area (Å²) < 4.78 is 5.97. The predicted octanol–water partition coefficient (Wildman–Crippen LogP) is 6.26. The number of rotatable bonds is 6. The second-order valence-corrected chi connectivity index (χ2v) is 11.2. The van der Waals surface area contributed by atoms with Gasteiger partial charge in [-0.1, -0.05) is 18.2 Å². The van der Waals surface area contributed by atoms with E-state index in [9.17, 15) is 14.4 Å². The number of hydrogen-bond acceptors (Lipinski definition) is 6. The first-order chi connectivity index (χ1) is 19.4. The van der Waals surface area contributed by atoms with Gasteiger partial charge in [0.1, 0.15) is 21.2 Å². The van der Waals surface area contributed by atoms with Crippen LogP contribution in [0.15, 0.2) is 60.8 Å². The van der Waals surface area contributed by atoms with Gasteiger partial charge in [-0.3, -0.25) is 14.5 Å². The Morgan fingerprint density at radius 2 is 1.80 bits per heavy atom. The van der Waals surface area contributed by atoms with Gasteiger partial charge in [0, 0.05) is 25.2 Å². The van der Waals surface area contributed by atoms with E-state index in [1.807, 2.05) is 55.5 Å². The minimum absolute atomic E-state index is 0.0477. The Bertz CT molecular complexity index is 1620. The van der Waals surface area contributed by atoms with Gasteiger partial charge in [0.25, 0.3) is 5.91 Å². The molecule has 1 fully saturated rings. The van der Waals surface area contributed by atoms with Crippen molar-refractivity contribution in [2.45, 2.75) is 51.6 Å². The zero-order chi connectivity index (χ0) is 27.8. The monoisotopic (exact) mass is 555 g/mol. The van der Waals surface area contributed by atoms with Crippen molar-refractivity contribution in [2.24, 2.45) is 0 Å². The van der Waals surface area contributed by atoms with E-state index in [0.29, 0.717) is 38.9 Å². The van der Waals surface area contributed by atoms with Crippen LogP contribution in [0.25, 0.3) is 10.2 Å². The molecule has 0 bridgehead atoms. The van der Waals surface area contributed by atoms with Gasteiger partial charge in [0.05, 0.1) is 22.4 Å². The van der Waals surface area contributed by atoms with Crippen LogP contribution < -0.4 is 25.6 Å². The summed E-state index contributed by atoms with van der Waals surface area (Å²) in [5, 5.41) is 9.79. The van der Waals surface area contributed by atoms with Crippen molar-refractivity contribution < 1.29 is 19.1 Å². The molecule has 2 aliphatic rings. The molecule has 2 aromatic heterocycles. The van der Waals surface area contributed by atoms with Crippen LogP contribution in [0.1, 0.15) is 47.8 Å². The number of carbonyl (C=O) groups is 3. The van der Waals surface area contributed by atoms with Gasteiger partial charge in [-0.25, -0.2) is 9.78 Å². The number of aromatic nitrogens is 1. The second-order valence-electron chi connectivity index (χ2n) is 10.2. The second kappa shape index (κ2) is 10.6. The molecule has 10 heteroatoms. The molecular weight excluding hydrogens is 526 g/mol. The van der Waals surface area contributed by atoms with Gasteiger partial charge >= 0.3 is 6.03 Å². The highest BCUT2D eigenvalue weighted by Crippen LogP contribution is 2.46. The summed E-state index contributed by atoms with van der Waals surface area (Å²) in [6.07, 6.45) is 5.00. The molecule has 40 heavy (non-hydrogen) atoms. The third-order valence-electron chi connectivity index (χ3n) is 7.26. The number of carbonyl (C=O) groups excluding carboxylic acids is 3. The Labute approximate surface area is 235 Å². The maximum absolute atomic E-state index is 13.5. The maximum Gasteiger partial charge on any atom is 0.331 e. The molecule has 4 aromatic rings. The van der Waals surface area contributed by atoms with Crippen LogP contribution in [0, 0.1) is 6.92 Å². The fourth-order valence-electron chi connectivity index (χ4n) is 5.54. The largest absolute Gasteiger partial charge is 0.457 e. The first-order valence-corrected chi connectivity index (χ1v) is 14.1. The molecule has 1 aliphatic heterocycles. The molecule has 0 spiro atoms. The number of pyridine rings is 1. The Balaban J connectivity index is 1.28. The highest BCUT2D eigenvalue weighted by atomic mass is 32.1. The van der Waals surface area contributed by atoms with Crippen molar-refractivity contribution in [3.63, 3.8) is 0 Å². The van der Waals surface area contributed by atoms with E-state index in [1.54, 1.807) is 17.2 Å². The molecule has 3 heterocycles. The standard InChI is InChI=1S/C30H29N5O4S/c1-17-15-22(39-21-9-4-3-5-10-21)11-12-23(17)35-24-13-14-31-29-25(24)26(34-30(35)38)27(40-29)28(37)33-20-8-6-7-19(16-20)32-18(2)36/h3-5,9-15,19-20H,6-8,16H2,1-2H3,(H,32,36)(H,33,37)(H,34,38)/t19-,20?/m1/s1. The van der Waals surface area contributed by atoms with Crippen LogP contribution in [0.5, 0.6) is 11.5 Å². The number of benzene rings is 2. The number of nitrogens with zero attached hydrogens (tertiary/aromatic N) is 2. The average Bonchev–Trinajstić information content (AvgIpc) is 3.29. The molecule has 1 aliphatic carbocycles. The van der Waals surface area contributed by atoms with E-state index < -0.39 is 0 Å². The van der Waals surface area contributed by atoms with Crippen LogP contribution in [-0.4, -0.2) is 34.9 Å². The first-order valence-electron chi connectivity index (χ1n) is 13.3. The molecule has 204 valence electrons. The predicted molar refractivity (Wildman–Crippen MR) is 156 cm³/mol. The molecule has 0 radical (unpaired) electrons. The number of anilines is 3. The van der Waals surface area contributed by atoms with Crippen molar-refractivity contribution in [1.29, 1.82) is 0 Å². The Kier molecular flexibility index (Phi) is 6.85. The Morgan fingerprint density at radius 3 is 2.55 bits per heavy atom. The molecule has 0 saturated heterocycles. The number of nitrogens with one attached hydrogen (secondary N) is 3. The van der Waals surface area contributed by atoms with Gasteiger partial charge in [-0.05, 0) is 74.6 Å². The summed E-state index contributed by atoms with van der Waals surface area (Å²) in [7, 11) is 0. The van der Waals surface area contributed by atoms with Crippen molar-refractivity contribution in [3.05, 3.63) is 71.2 Å². The van der Waals surface area contributed by atoms with Gasteiger partial charge < -0.3 is 20.7 Å². The SMILES string of the molecule is CC(=O)N[C@@H]1CCCC(NC(=O)c2sc3nccc4c3c2NC(=O)N4c2ccc(Oc3ccccc3)cc2C)C1. The lowest BCUT2D eigenvalue weighted by atomic mass is 9.91. The number of aryl methyl sites for hydroxylation is 1. The fourth-order valence-corrected chi connectivity index (χ4v) is 6.56. The summed E-state index contributed by atoms with van der Waals surface area (Å²) in [5.41, 5.74) is 2.72. The quantitative estimate of drug-likeness (QED) is 0.260. The van der Waals surface area contributed by atoms with Crippen LogP contribution in [-0.2, 0) is 4.79 Å². The highest BCUT2D eigenvalue weighted by Gasteiger charge is 2.34. The third-order valence-corrected chi connectivity index (χ3v) is 8.35. The molecule has 4 amide bonds. The maximum atomic E-state index is 13.5. The molecule has 1 unspecified atom stereocenters. The summed E-state index contributed by atoms with van der Waals surface area (Å²) in [5.74, 6) is 1.09. The lowest BCUT2D eigenvalue weighted by Crippen LogP contribution is -2.45. The number of thiophene rings is 1. The van der Waals surface area contributed by atoms with Crippen LogP contribution in [0.4, 0.5) is 21.9 Å². The highest BCUT2D eigenvalue weighted by molar-refractivity contribution is 7.21. The number of para-hydroxylation sites is 1. The van der Waals surface area contributed by atoms with E-state index in [-0.39, 0.29) is 29.9 Å². The minimum Gasteiger partial charge on any atom is -0.457 e. The van der Waals surface area contributed by atoms with Crippen molar-refractivity contribution in [1.82, 2.24) is 15.6 Å². The van der Waals surface area contributed by atoms with Gasteiger partial charge in [-0.2, -0.15) is 0 Å². The molecule has 1 saturated carbocycles. The summed E-state index contributed by atoms with van der Waals surface area (Å²) >= 11 is 1.26. The lowest BCUT2D eigenvalue weighted by molar-refractivity contribution is -0.119. The molecule has 9 nitrogen and oxygen atoms in total. The number of amides is 4. The normalized spacial score (nSPS) is 18.2. The van der Waals surface area contributed by atoms with Gasteiger partial charge in [0.15, 0.2) is 0 Å². The molecule has 6 rings (SSSR count). The molecular formula is C30H29N5O4S. The van der Waals surface area contributed by atoms with E-state index in [2.05, 4.69) is 20.9 Å². The van der Waals surface area contributed by atoms with Crippen LogP contribution in [0.3, 0.4) is 0 Å². The topological polar surface area (TPSA) is 113 Å². The minimum atomic E-state index is -0.351. The summed E-state index contributed by atoms with van der Waals surface area (Å²) in [4.78, 5) is 45.7. The van der Waals surface area contributed by atoms with Gasteiger partial charge in [-0.15, -0.1) is 11.3 Å². The number of hydrogen-bond donors (Lipinski definition) is 3. The lowest BCUT2D eigenvalue weighted by Gasteiger charge is -2.31. The summed E-state index contributed by atoms with van der Waals surface area (Å²) in [6, 6.07) is 16.6. The molecule has 2 atom stereocenters. The van der Waals surface area contributed by atoms with Crippen LogP contribution in [0.2, 0.25) is 0 Å². The van der Waals surface area contributed by atoms with E-state index in [4.69, 9.17) is 4.74 Å². The van der Waals surface area contributed by atoms with Crippen LogP contribution >= 0.6 is 11.3 Å². The Hall–Kier alpha value is -4.44. The smallest absolute Gasteiger partial charge is 0.331 e. The van der Waals surface area contributed by atoms with E-state index >= 15 is 0 Å². The van der Waals surface area contributed by atoms with Crippen molar-refractivity contribution >= 4 is 56.5 Å². The number of ether oxygens (including phenoxy) is 1. The fraction of sp³-hybridized carbons (Fsp3) is 0.267. The summed E-state index contributed by atoms with van der Waals surface area (Å²) in [6.45, 7) is 3.44. The Morgan fingerprint density at radius 1 is 1.02 bits per heavy atom. The van der Waals surface area contributed by atoms with E-state index in [1.165, 1.54) is 18.3 Å². The molecule has 3 N–H and O–H groups in total. The third kappa shape index (κ3) is 4.98. The van der Waals surface area contributed by atoms with Crippen molar-refractivity contribution in [2.75, 3.05) is 10.2 Å². The molecule has 2 aromatic carbocycles. The first kappa shape index (κ1) is 25.8. The van der Waals surface area contributed by atoms with E-state index in [0.717, 1.165) is 36.0 Å². The average molecular weight is 556 g/mol. The van der Waals surface area contributed by atoms with Crippen molar-refractivity contribution in [3.8, 4) is 11.5 Å². The number of urea groups is 1. The zero-order valence-corrected chi connectivity index (χ0v) is 23.0. The zero-order valence-electron chi connectivity index (χ0n) is 22.2. The van der Waals surface area contributed by atoms with Gasteiger partial charge in [0.2, 0.25) is 5.91 Å².